The van der Waals surface area contributed by atoms with E-state index in [4.69, 9.17) is 26.4 Å². The number of aromatic nitrogens is 4. The number of amides is 2. The number of fused-ring (bicyclic) bond motifs is 1. The maximum atomic E-state index is 13.1. The highest BCUT2D eigenvalue weighted by molar-refractivity contribution is 6.30. The summed E-state index contributed by atoms with van der Waals surface area (Å²) in [5, 5.41) is 3.28. The highest BCUT2D eigenvalue weighted by Gasteiger charge is 2.41. The highest BCUT2D eigenvalue weighted by Crippen LogP contribution is 2.39. The van der Waals surface area contributed by atoms with E-state index < -0.39 is 12.3 Å². The van der Waals surface area contributed by atoms with E-state index in [9.17, 15) is 9.59 Å². The first-order chi connectivity index (χ1) is 20.8. The standard InChI is InChI=1S/C31H39ClN8O3/c1-17-4-6-20(7-5-17)16-40-27-24(35-30(40)39-11-10-38(18(2)19(39)3)29(41)21-8-9-21)13-25(28-36-31(42)43-37-28)34-26(27)22-12-23(32)15-33-14-22/h12-15,17-21,28,37H,4-11,16H2,1-3H3,(H,36,42). The third kappa shape index (κ3) is 5.42. The molecule has 0 bridgehead atoms. The van der Waals surface area contributed by atoms with Crippen LogP contribution >= 0.6 is 11.6 Å². The molecule has 2 saturated heterocycles. The van der Waals surface area contributed by atoms with Gasteiger partial charge in [0.2, 0.25) is 11.9 Å². The molecule has 5 heterocycles. The second kappa shape index (κ2) is 11.2. The van der Waals surface area contributed by atoms with E-state index in [1.165, 1.54) is 25.7 Å². The van der Waals surface area contributed by atoms with Crippen LogP contribution in [-0.4, -0.2) is 61.6 Å². The fourth-order valence-corrected chi connectivity index (χ4v) is 7.11. The average molecular weight is 607 g/mol. The topological polar surface area (TPSA) is 118 Å². The molecule has 7 rings (SSSR count). The Kier molecular flexibility index (Phi) is 7.41. The molecule has 2 saturated carbocycles. The number of hydrogen-bond donors (Lipinski definition) is 2. The molecule has 3 aromatic heterocycles. The molecule has 4 fully saturated rings. The second-order valence-electron chi connectivity index (χ2n) is 12.9. The molecule has 2 N–H and O–H groups in total. The fourth-order valence-electron chi connectivity index (χ4n) is 6.94. The first-order valence-corrected chi connectivity index (χ1v) is 16.0. The maximum Gasteiger partial charge on any atom is 0.427 e. The summed E-state index contributed by atoms with van der Waals surface area (Å²) in [7, 11) is 0. The number of carbonyl (C=O) groups excluding carboxylic acids is 2. The molecule has 3 aromatic rings. The quantitative estimate of drug-likeness (QED) is 0.400. The number of anilines is 1. The van der Waals surface area contributed by atoms with Crippen LogP contribution in [0.3, 0.4) is 0 Å². The number of pyridine rings is 2. The SMILES string of the molecule is CC1CCC(Cn2c(N3CCN(C(=O)C4CC4)C(C)C3C)nc3cc(C4NOC(=O)N4)nc(-c4cncc(Cl)c4)c32)CC1. The van der Waals surface area contributed by atoms with Gasteiger partial charge in [0, 0.05) is 55.6 Å². The van der Waals surface area contributed by atoms with Crippen molar-refractivity contribution in [2.45, 2.75) is 84.1 Å². The van der Waals surface area contributed by atoms with Gasteiger partial charge in [0.25, 0.3) is 0 Å². The number of imidazole rings is 1. The Morgan fingerprint density at radius 2 is 1.81 bits per heavy atom. The molecule has 12 heteroatoms. The van der Waals surface area contributed by atoms with Crippen molar-refractivity contribution in [3.05, 3.63) is 35.2 Å². The summed E-state index contributed by atoms with van der Waals surface area (Å²) in [6.07, 6.45) is 9.00. The van der Waals surface area contributed by atoms with Gasteiger partial charge in [-0.25, -0.2) is 14.8 Å². The molecule has 43 heavy (non-hydrogen) atoms. The number of piperazine rings is 1. The number of carbonyl (C=O) groups is 2. The number of nitrogens with one attached hydrogen (secondary N) is 2. The van der Waals surface area contributed by atoms with Crippen LogP contribution < -0.4 is 15.7 Å². The third-order valence-corrected chi connectivity index (χ3v) is 10.0. The van der Waals surface area contributed by atoms with Crippen molar-refractivity contribution in [3.63, 3.8) is 0 Å². The monoisotopic (exact) mass is 606 g/mol. The van der Waals surface area contributed by atoms with Crippen LogP contribution in [-0.2, 0) is 16.2 Å². The van der Waals surface area contributed by atoms with Gasteiger partial charge in [0.05, 0.1) is 27.4 Å². The fraction of sp³-hybridized carbons (Fsp3) is 0.581. The molecule has 2 amide bonds. The summed E-state index contributed by atoms with van der Waals surface area (Å²) in [5.74, 6) is 2.66. The van der Waals surface area contributed by atoms with Crippen molar-refractivity contribution in [1.82, 2.24) is 35.2 Å². The lowest BCUT2D eigenvalue weighted by atomic mass is 9.83. The maximum absolute atomic E-state index is 13.1. The van der Waals surface area contributed by atoms with Crippen LogP contribution in [0.1, 0.15) is 71.2 Å². The van der Waals surface area contributed by atoms with Gasteiger partial charge in [-0.3, -0.25) is 15.1 Å². The molecule has 0 aromatic carbocycles. The lowest BCUT2D eigenvalue weighted by Gasteiger charge is -2.45. The summed E-state index contributed by atoms with van der Waals surface area (Å²) < 4.78 is 2.35. The van der Waals surface area contributed by atoms with Crippen molar-refractivity contribution in [2.24, 2.45) is 17.8 Å². The van der Waals surface area contributed by atoms with E-state index in [0.29, 0.717) is 41.3 Å². The second-order valence-corrected chi connectivity index (χ2v) is 13.3. The van der Waals surface area contributed by atoms with Crippen molar-refractivity contribution in [2.75, 3.05) is 18.0 Å². The minimum atomic E-state index is -0.618. The van der Waals surface area contributed by atoms with Gasteiger partial charge in [-0.05, 0) is 63.5 Å². The van der Waals surface area contributed by atoms with Crippen LogP contribution in [0, 0.1) is 17.8 Å². The summed E-state index contributed by atoms with van der Waals surface area (Å²) >= 11 is 6.43. The number of halogens is 1. The number of nitrogens with zero attached hydrogens (tertiary/aromatic N) is 6. The molecule has 0 radical (unpaired) electrons. The van der Waals surface area contributed by atoms with Gasteiger partial charge in [-0.15, -0.1) is 5.48 Å². The molecular formula is C31H39ClN8O3. The Bertz CT molecular complexity index is 1550. The zero-order valence-electron chi connectivity index (χ0n) is 24.9. The van der Waals surface area contributed by atoms with E-state index in [-0.39, 0.29) is 18.0 Å². The summed E-state index contributed by atoms with van der Waals surface area (Å²) in [6, 6.07) is 3.92. The Labute approximate surface area is 256 Å². The molecule has 2 aliphatic heterocycles. The van der Waals surface area contributed by atoms with E-state index in [0.717, 1.165) is 47.8 Å². The predicted molar refractivity (Wildman–Crippen MR) is 163 cm³/mol. The van der Waals surface area contributed by atoms with Crippen LogP contribution in [0.5, 0.6) is 0 Å². The van der Waals surface area contributed by atoms with Crippen molar-refractivity contribution in [1.29, 1.82) is 0 Å². The van der Waals surface area contributed by atoms with E-state index >= 15 is 0 Å². The van der Waals surface area contributed by atoms with Crippen molar-refractivity contribution < 1.29 is 14.4 Å². The zero-order valence-corrected chi connectivity index (χ0v) is 25.7. The van der Waals surface area contributed by atoms with Crippen molar-refractivity contribution >= 4 is 40.6 Å². The van der Waals surface area contributed by atoms with Crippen LogP contribution in [0.4, 0.5) is 10.7 Å². The smallest absolute Gasteiger partial charge is 0.351 e. The van der Waals surface area contributed by atoms with Gasteiger partial charge < -0.3 is 19.2 Å². The van der Waals surface area contributed by atoms with Gasteiger partial charge >= 0.3 is 6.09 Å². The summed E-state index contributed by atoms with van der Waals surface area (Å²) in [5.41, 5.74) is 6.48. The first kappa shape index (κ1) is 28.3. The Balaban J connectivity index is 1.36. The predicted octanol–water partition coefficient (Wildman–Crippen LogP) is 5.05. The van der Waals surface area contributed by atoms with Crippen LogP contribution in [0.25, 0.3) is 22.3 Å². The van der Waals surface area contributed by atoms with Gasteiger partial charge in [-0.1, -0.05) is 31.4 Å². The van der Waals surface area contributed by atoms with Crippen LogP contribution in [0.15, 0.2) is 24.5 Å². The average Bonchev–Trinajstić information content (AvgIpc) is 3.67. The molecule has 228 valence electrons. The Morgan fingerprint density at radius 3 is 2.51 bits per heavy atom. The van der Waals surface area contributed by atoms with Crippen molar-refractivity contribution in [3.8, 4) is 11.3 Å². The molecule has 0 spiro atoms. The van der Waals surface area contributed by atoms with Gasteiger partial charge in [-0.2, -0.15) is 0 Å². The van der Waals surface area contributed by atoms with Gasteiger partial charge in [0.1, 0.15) is 0 Å². The Morgan fingerprint density at radius 1 is 1.02 bits per heavy atom. The largest absolute Gasteiger partial charge is 0.427 e. The summed E-state index contributed by atoms with van der Waals surface area (Å²) in [4.78, 5) is 49.1. The number of hydroxylamine groups is 1. The van der Waals surface area contributed by atoms with Gasteiger partial charge in [0.15, 0.2) is 6.17 Å². The third-order valence-electron chi connectivity index (χ3n) is 9.84. The lowest BCUT2D eigenvalue weighted by molar-refractivity contribution is -0.135. The minimum Gasteiger partial charge on any atom is -0.351 e. The first-order valence-electron chi connectivity index (χ1n) is 15.6. The summed E-state index contributed by atoms with van der Waals surface area (Å²) in [6.45, 7) is 8.90. The molecule has 4 aliphatic rings. The number of hydrogen-bond acceptors (Lipinski definition) is 8. The van der Waals surface area contributed by atoms with Crippen LogP contribution in [0.2, 0.25) is 5.02 Å². The molecule has 11 nitrogen and oxygen atoms in total. The van der Waals surface area contributed by atoms with E-state index in [1.54, 1.807) is 12.4 Å². The molecular weight excluding hydrogens is 568 g/mol. The van der Waals surface area contributed by atoms with E-state index in [2.05, 4.69) is 50.9 Å². The zero-order chi connectivity index (χ0) is 29.8. The highest BCUT2D eigenvalue weighted by atomic mass is 35.5. The molecule has 2 aliphatic carbocycles. The van der Waals surface area contributed by atoms with E-state index in [1.807, 2.05) is 12.1 Å². The molecule has 3 atom stereocenters. The molecule has 3 unspecified atom stereocenters. The normalized spacial score (nSPS) is 27.8. The number of rotatable bonds is 6. The lowest BCUT2D eigenvalue weighted by Crippen LogP contribution is -2.60. The minimum absolute atomic E-state index is 0.0611. The Hall–Kier alpha value is -3.44.